The van der Waals surface area contributed by atoms with Crippen LogP contribution in [0.25, 0.3) is 0 Å². The van der Waals surface area contributed by atoms with Gasteiger partial charge in [0.2, 0.25) is 0 Å². The highest BCUT2D eigenvalue weighted by Crippen LogP contribution is 2.28. The molecule has 2 heterocycles. The van der Waals surface area contributed by atoms with Crippen LogP contribution in [0.3, 0.4) is 0 Å². The summed E-state index contributed by atoms with van der Waals surface area (Å²) < 4.78 is 15.2. The van der Waals surface area contributed by atoms with E-state index in [9.17, 15) is 19.2 Å². The number of H-pyrrole nitrogens is 2. The van der Waals surface area contributed by atoms with Crippen molar-refractivity contribution in [1.29, 1.82) is 0 Å². The van der Waals surface area contributed by atoms with Gasteiger partial charge in [-0.25, -0.2) is 0 Å². The highest BCUT2D eigenvalue weighted by atomic mass is 127. The summed E-state index contributed by atoms with van der Waals surface area (Å²) in [5.74, 6) is -1.14. The minimum absolute atomic E-state index is 0.0802. The second-order valence-electron chi connectivity index (χ2n) is 7.20. The van der Waals surface area contributed by atoms with E-state index in [1.54, 1.807) is 0 Å². The molecule has 0 atom stereocenters. The molecule has 0 aliphatic carbocycles. The number of nitrogens with one attached hydrogen (secondary N) is 2. The fraction of sp³-hybridized carbons (Fsp3) is 0.455. The molecule has 0 saturated carbocycles. The molecule has 0 spiro atoms. The van der Waals surface area contributed by atoms with Gasteiger partial charge in [0.25, 0.3) is 0 Å². The van der Waals surface area contributed by atoms with Gasteiger partial charge in [-0.3, -0.25) is 19.2 Å². The number of aromatic amines is 2. The predicted octanol–water partition coefficient (Wildman–Crippen LogP) is 2.59. The Kier molecular flexibility index (Phi) is 9.48. The van der Waals surface area contributed by atoms with E-state index in [2.05, 4.69) is 32.6 Å². The van der Waals surface area contributed by atoms with E-state index in [0.717, 1.165) is 31.8 Å². The molecule has 2 rings (SSSR count). The minimum Gasteiger partial charge on any atom is -0.469 e. The van der Waals surface area contributed by atoms with E-state index in [1.165, 1.54) is 21.3 Å². The van der Waals surface area contributed by atoms with Crippen molar-refractivity contribution >= 4 is 46.8 Å². The van der Waals surface area contributed by atoms with Gasteiger partial charge in [0.1, 0.15) is 0 Å². The summed E-state index contributed by atoms with van der Waals surface area (Å²) in [7, 11) is 3.96. The fourth-order valence-corrected chi connectivity index (χ4v) is 4.59. The summed E-state index contributed by atoms with van der Waals surface area (Å²) in [6, 6.07) is 0. The van der Waals surface area contributed by atoms with E-state index in [-0.39, 0.29) is 36.9 Å². The highest BCUT2D eigenvalue weighted by molar-refractivity contribution is 14.1. The van der Waals surface area contributed by atoms with Crippen LogP contribution < -0.4 is 0 Å². The Balaban J connectivity index is 2.41. The number of aldehydes is 1. The summed E-state index contributed by atoms with van der Waals surface area (Å²) >= 11 is 2.19. The topological polar surface area (TPSA) is 128 Å². The Morgan fingerprint density at radius 3 is 1.94 bits per heavy atom. The number of esters is 3. The summed E-state index contributed by atoms with van der Waals surface area (Å²) in [6.45, 7) is 1.97. The van der Waals surface area contributed by atoms with Crippen LogP contribution in [0, 0.1) is 10.6 Å². The van der Waals surface area contributed by atoms with E-state index in [4.69, 9.17) is 14.2 Å². The van der Waals surface area contributed by atoms with Gasteiger partial charge in [-0.05, 0) is 64.6 Å². The van der Waals surface area contributed by atoms with Crippen molar-refractivity contribution in [3.63, 3.8) is 0 Å². The molecule has 0 aliphatic rings. The molecule has 0 unspecified atom stereocenters. The number of carbonyl (C=O) groups excluding carboxylic acids is 4. The molecule has 2 N–H and O–H groups in total. The third-order valence-corrected chi connectivity index (χ3v) is 6.32. The maximum atomic E-state index is 11.9. The van der Waals surface area contributed by atoms with E-state index >= 15 is 0 Å². The molecule has 0 bridgehead atoms. The molecular formula is C22H27IN2O7. The average Bonchev–Trinajstić information content (AvgIpc) is 3.25. The molecule has 0 saturated heterocycles. The Labute approximate surface area is 199 Å². The number of hydrogen-bond acceptors (Lipinski definition) is 7. The molecule has 2 aromatic heterocycles. The van der Waals surface area contributed by atoms with E-state index < -0.39 is 5.97 Å². The van der Waals surface area contributed by atoms with Crippen molar-refractivity contribution in [3.8, 4) is 0 Å². The van der Waals surface area contributed by atoms with Gasteiger partial charge in [-0.2, -0.15) is 0 Å². The zero-order valence-electron chi connectivity index (χ0n) is 18.6. The van der Waals surface area contributed by atoms with Gasteiger partial charge < -0.3 is 24.2 Å². The molecule has 10 heteroatoms. The third kappa shape index (κ3) is 6.21. The van der Waals surface area contributed by atoms with Gasteiger partial charge in [-0.15, -0.1) is 0 Å². The lowest BCUT2D eigenvalue weighted by Gasteiger charge is -2.08. The number of ether oxygens (including phenoxy) is 3. The van der Waals surface area contributed by atoms with Gasteiger partial charge in [0.15, 0.2) is 6.29 Å². The van der Waals surface area contributed by atoms with Crippen LogP contribution in [0.15, 0.2) is 0 Å². The summed E-state index contributed by atoms with van der Waals surface area (Å²) in [5, 5.41) is 0. The molecule has 0 radical (unpaired) electrons. The first kappa shape index (κ1) is 25.6. The van der Waals surface area contributed by atoms with Crippen molar-refractivity contribution < 1.29 is 33.4 Å². The zero-order valence-corrected chi connectivity index (χ0v) is 20.7. The third-order valence-electron chi connectivity index (χ3n) is 5.40. The van der Waals surface area contributed by atoms with E-state index in [1.807, 2.05) is 6.92 Å². The quantitative estimate of drug-likeness (QED) is 0.188. The lowest BCUT2D eigenvalue weighted by molar-refractivity contribution is -0.141. The monoisotopic (exact) mass is 558 g/mol. The molecule has 0 aromatic carbocycles. The maximum Gasteiger partial charge on any atom is 0.310 e. The molecule has 32 heavy (non-hydrogen) atoms. The first-order valence-corrected chi connectivity index (χ1v) is 11.1. The maximum absolute atomic E-state index is 11.9. The standard InChI is InChI=1S/C22H27IN2O7/c1-12-13(5-7-19(27)30-2)22(23)25-16(12)10-17-14(6-8-20(28)31-3)15(9-21(29)32-4)18(11-26)24-17/h11,24-25H,5-10H2,1-4H3. The molecule has 0 amide bonds. The van der Waals surface area contributed by atoms with Crippen LogP contribution in [0.2, 0.25) is 0 Å². The van der Waals surface area contributed by atoms with Crippen molar-refractivity contribution in [2.75, 3.05) is 21.3 Å². The van der Waals surface area contributed by atoms with Gasteiger partial charge in [-0.1, -0.05) is 0 Å². The predicted molar refractivity (Wildman–Crippen MR) is 124 cm³/mol. The largest absolute Gasteiger partial charge is 0.469 e. The molecule has 174 valence electrons. The number of halogens is 1. The smallest absolute Gasteiger partial charge is 0.310 e. The molecule has 2 aromatic rings. The van der Waals surface area contributed by atoms with Crippen LogP contribution in [0.1, 0.15) is 57.0 Å². The number of carbonyl (C=O) groups is 4. The average molecular weight is 558 g/mol. The second-order valence-corrected chi connectivity index (χ2v) is 8.27. The zero-order chi connectivity index (χ0) is 23.8. The molecule has 0 fully saturated rings. The Hall–Kier alpha value is -2.63. The SMILES string of the molecule is COC(=O)CCc1c(I)[nH]c(Cc2[nH]c(C=O)c(CC(=O)OC)c2CCC(=O)OC)c1C. The van der Waals surface area contributed by atoms with Gasteiger partial charge in [0, 0.05) is 30.7 Å². The van der Waals surface area contributed by atoms with Gasteiger partial charge in [0.05, 0.1) is 37.1 Å². The van der Waals surface area contributed by atoms with Crippen molar-refractivity contribution in [1.82, 2.24) is 9.97 Å². The van der Waals surface area contributed by atoms with Gasteiger partial charge >= 0.3 is 17.9 Å². The summed E-state index contributed by atoms with van der Waals surface area (Å²) in [4.78, 5) is 53.3. The number of rotatable bonds is 11. The van der Waals surface area contributed by atoms with Crippen molar-refractivity contribution in [2.24, 2.45) is 0 Å². The minimum atomic E-state index is -0.478. The lowest BCUT2D eigenvalue weighted by atomic mass is 9.98. The molecule has 0 aliphatic heterocycles. The first-order chi connectivity index (χ1) is 15.2. The normalized spacial score (nSPS) is 10.7. The van der Waals surface area contributed by atoms with E-state index in [0.29, 0.717) is 31.1 Å². The van der Waals surface area contributed by atoms with Crippen molar-refractivity contribution in [2.45, 2.75) is 45.4 Å². The fourth-order valence-electron chi connectivity index (χ4n) is 3.59. The molecular weight excluding hydrogens is 531 g/mol. The van der Waals surface area contributed by atoms with Crippen LogP contribution >= 0.6 is 22.6 Å². The Morgan fingerprint density at radius 1 is 0.844 bits per heavy atom. The van der Waals surface area contributed by atoms with Crippen molar-refractivity contribution in [3.05, 3.63) is 43.0 Å². The summed E-state index contributed by atoms with van der Waals surface area (Å²) in [5.41, 5.74) is 5.22. The Bertz CT molecular complexity index is 1010. The number of methoxy groups -OCH3 is 3. The first-order valence-electron chi connectivity index (χ1n) is 9.99. The molecule has 9 nitrogen and oxygen atoms in total. The lowest BCUT2D eigenvalue weighted by Crippen LogP contribution is -2.09. The van der Waals surface area contributed by atoms with Crippen LogP contribution in [0.5, 0.6) is 0 Å². The van der Waals surface area contributed by atoms with Crippen LogP contribution in [-0.2, 0) is 54.3 Å². The second kappa shape index (κ2) is 11.8. The number of aromatic nitrogens is 2. The summed E-state index contributed by atoms with van der Waals surface area (Å²) in [6.07, 6.45) is 2.25. The van der Waals surface area contributed by atoms with Crippen LogP contribution in [-0.4, -0.2) is 55.5 Å². The number of hydrogen-bond donors (Lipinski definition) is 2. The Morgan fingerprint density at radius 2 is 1.41 bits per heavy atom. The highest BCUT2D eigenvalue weighted by Gasteiger charge is 2.23. The van der Waals surface area contributed by atoms with Crippen LogP contribution in [0.4, 0.5) is 0 Å².